The van der Waals surface area contributed by atoms with Gasteiger partial charge in [-0.3, -0.25) is 9.59 Å². The van der Waals surface area contributed by atoms with E-state index in [0.717, 1.165) is 28.9 Å². The van der Waals surface area contributed by atoms with Gasteiger partial charge in [-0.1, -0.05) is 54.8 Å². The normalized spacial score (nSPS) is 11.7. The third kappa shape index (κ3) is 8.04. The van der Waals surface area contributed by atoms with Gasteiger partial charge >= 0.3 is 0 Å². The maximum atomic E-state index is 13.1. The van der Waals surface area contributed by atoms with Crippen molar-refractivity contribution >= 4 is 35.2 Å². The fourth-order valence-corrected chi connectivity index (χ4v) is 4.02. The molecule has 0 spiro atoms. The molecule has 2 aromatic rings. The highest BCUT2D eigenvalue weighted by molar-refractivity contribution is 7.99. The molecule has 1 unspecified atom stereocenters. The number of hydrogen-bond donors (Lipinski definition) is 1. The lowest BCUT2D eigenvalue weighted by molar-refractivity contribution is -0.140. The Bertz CT molecular complexity index is 826. The quantitative estimate of drug-likeness (QED) is 0.368. The van der Waals surface area contributed by atoms with Crippen molar-refractivity contribution in [1.29, 1.82) is 0 Å². The molecule has 0 saturated carbocycles. The molecule has 2 aromatic carbocycles. The number of halogens is 1. The lowest BCUT2D eigenvalue weighted by Gasteiger charge is -2.29. The molecule has 1 N–H and O–H groups in total. The molecule has 0 aliphatic heterocycles. The Morgan fingerprint density at radius 2 is 1.90 bits per heavy atom. The molecule has 1 atom stereocenters. The molecule has 0 aliphatic carbocycles. The summed E-state index contributed by atoms with van der Waals surface area (Å²) in [7, 11) is 0. The van der Waals surface area contributed by atoms with Crippen LogP contribution >= 0.6 is 23.4 Å². The van der Waals surface area contributed by atoms with Gasteiger partial charge in [0.15, 0.2) is 0 Å². The second kappa shape index (κ2) is 12.7. The van der Waals surface area contributed by atoms with Crippen LogP contribution < -0.4 is 5.32 Å². The number of amides is 2. The van der Waals surface area contributed by atoms with E-state index in [-0.39, 0.29) is 11.8 Å². The zero-order valence-electron chi connectivity index (χ0n) is 18.0. The molecule has 2 amide bonds. The van der Waals surface area contributed by atoms with Gasteiger partial charge in [0.1, 0.15) is 6.04 Å². The average Bonchev–Trinajstić information content (AvgIpc) is 2.73. The molecule has 0 aliphatic rings. The number of carbonyl (C=O) groups is 2. The molecule has 0 heterocycles. The molecular weight excluding hydrogens is 416 g/mol. The number of benzene rings is 2. The van der Waals surface area contributed by atoms with Crippen LogP contribution in [0, 0.1) is 6.92 Å². The smallest absolute Gasteiger partial charge is 0.242 e. The minimum atomic E-state index is -0.518. The Morgan fingerprint density at radius 3 is 2.57 bits per heavy atom. The number of nitrogens with zero attached hydrogens (tertiary/aromatic N) is 1. The van der Waals surface area contributed by atoms with E-state index in [4.69, 9.17) is 11.6 Å². The first-order valence-corrected chi connectivity index (χ1v) is 11.8. The van der Waals surface area contributed by atoms with Crippen LogP contribution in [0.5, 0.6) is 0 Å². The van der Waals surface area contributed by atoms with Crippen molar-refractivity contribution in [2.75, 3.05) is 12.3 Å². The Kier molecular flexibility index (Phi) is 10.2. The lowest BCUT2D eigenvalue weighted by atomic mass is 10.1. The summed E-state index contributed by atoms with van der Waals surface area (Å²) in [5.74, 6) is 0.528. The highest BCUT2D eigenvalue weighted by Crippen LogP contribution is 2.22. The number of rotatable bonds is 11. The summed E-state index contributed by atoms with van der Waals surface area (Å²) in [5, 5.41) is 3.65. The number of unbranched alkanes of at least 4 members (excludes halogenated alkanes) is 1. The molecule has 4 nitrogen and oxygen atoms in total. The maximum Gasteiger partial charge on any atom is 0.242 e. The first-order valence-electron chi connectivity index (χ1n) is 10.4. The topological polar surface area (TPSA) is 49.4 Å². The molecule has 6 heteroatoms. The van der Waals surface area contributed by atoms with Crippen LogP contribution in [0.4, 0.5) is 0 Å². The fraction of sp³-hybridized carbons (Fsp3) is 0.417. The van der Waals surface area contributed by atoms with Gasteiger partial charge in [0.05, 0.1) is 0 Å². The van der Waals surface area contributed by atoms with Crippen LogP contribution in [-0.2, 0) is 16.1 Å². The fourth-order valence-electron chi connectivity index (χ4n) is 3.06. The Labute approximate surface area is 189 Å². The van der Waals surface area contributed by atoms with Crippen molar-refractivity contribution in [3.8, 4) is 0 Å². The van der Waals surface area contributed by atoms with E-state index in [1.807, 2.05) is 49.4 Å². The van der Waals surface area contributed by atoms with Gasteiger partial charge in [-0.15, -0.1) is 11.8 Å². The minimum Gasteiger partial charge on any atom is -0.354 e. The monoisotopic (exact) mass is 446 g/mol. The number of carbonyl (C=O) groups excluding carboxylic acids is 2. The lowest BCUT2D eigenvalue weighted by Crippen LogP contribution is -2.47. The van der Waals surface area contributed by atoms with Gasteiger partial charge < -0.3 is 10.2 Å². The largest absolute Gasteiger partial charge is 0.354 e. The highest BCUT2D eigenvalue weighted by atomic mass is 35.5. The van der Waals surface area contributed by atoms with Crippen molar-refractivity contribution < 1.29 is 9.59 Å². The number of nitrogens with one attached hydrogen (secondary N) is 1. The van der Waals surface area contributed by atoms with Crippen LogP contribution in [0.3, 0.4) is 0 Å². The van der Waals surface area contributed by atoms with Crippen molar-refractivity contribution in [1.82, 2.24) is 10.2 Å². The third-order valence-corrected chi connectivity index (χ3v) is 6.10. The summed E-state index contributed by atoms with van der Waals surface area (Å²) >= 11 is 7.54. The average molecular weight is 447 g/mol. The molecule has 0 saturated heterocycles. The molecule has 162 valence electrons. The second-order valence-electron chi connectivity index (χ2n) is 7.38. The zero-order chi connectivity index (χ0) is 21.9. The van der Waals surface area contributed by atoms with Gasteiger partial charge in [-0.2, -0.15) is 0 Å². The van der Waals surface area contributed by atoms with Crippen molar-refractivity contribution in [2.24, 2.45) is 0 Å². The van der Waals surface area contributed by atoms with Crippen LogP contribution in [0.25, 0.3) is 0 Å². The summed E-state index contributed by atoms with van der Waals surface area (Å²) in [4.78, 5) is 28.5. The van der Waals surface area contributed by atoms with Crippen LogP contribution in [-0.4, -0.2) is 35.1 Å². The minimum absolute atomic E-state index is 0.0175. The maximum absolute atomic E-state index is 13.1. The summed E-state index contributed by atoms with van der Waals surface area (Å²) in [6, 6.07) is 15.1. The van der Waals surface area contributed by atoms with E-state index in [1.165, 1.54) is 0 Å². The van der Waals surface area contributed by atoms with E-state index in [1.54, 1.807) is 23.6 Å². The SMILES string of the molecule is CCCCNC(=O)C(C)N(Cc1cccc(C)c1)C(=O)CCSc1ccc(Cl)cc1. The van der Waals surface area contributed by atoms with Crippen molar-refractivity contribution in [3.63, 3.8) is 0 Å². The van der Waals surface area contributed by atoms with E-state index in [0.29, 0.717) is 30.3 Å². The molecule has 0 fully saturated rings. The van der Waals surface area contributed by atoms with Crippen molar-refractivity contribution in [2.45, 2.75) is 57.5 Å². The molecule has 0 radical (unpaired) electrons. The predicted molar refractivity (Wildman–Crippen MR) is 126 cm³/mol. The van der Waals surface area contributed by atoms with E-state index in [2.05, 4.69) is 18.3 Å². The molecule has 2 rings (SSSR count). The first kappa shape index (κ1) is 24.3. The summed E-state index contributed by atoms with van der Waals surface area (Å²) in [5.41, 5.74) is 2.17. The predicted octanol–water partition coefficient (Wildman–Crippen LogP) is 5.46. The van der Waals surface area contributed by atoms with E-state index in [9.17, 15) is 9.59 Å². The third-order valence-electron chi connectivity index (χ3n) is 4.83. The number of hydrogen-bond acceptors (Lipinski definition) is 3. The van der Waals surface area contributed by atoms with Gasteiger partial charge in [0, 0.05) is 35.2 Å². The van der Waals surface area contributed by atoms with E-state index < -0.39 is 6.04 Å². The Hall–Kier alpha value is -1.98. The van der Waals surface area contributed by atoms with Crippen LogP contribution in [0.2, 0.25) is 5.02 Å². The zero-order valence-corrected chi connectivity index (χ0v) is 19.6. The Morgan fingerprint density at radius 1 is 1.17 bits per heavy atom. The van der Waals surface area contributed by atoms with E-state index >= 15 is 0 Å². The standard InChI is InChI=1S/C24H31ClN2O2S/c1-4-5-14-26-24(29)19(3)27(17-20-8-6-7-18(2)16-20)23(28)13-15-30-22-11-9-21(25)10-12-22/h6-12,16,19H,4-5,13-15,17H2,1-3H3,(H,26,29). The summed E-state index contributed by atoms with van der Waals surface area (Å²) < 4.78 is 0. The molecule has 0 bridgehead atoms. The number of thioether (sulfide) groups is 1. The van der Waals surface area contributed by atoms with Gasteiger partial charge in [-0.05, 0) is 50.1 Å². The summed E-state index contributed by atoms with van der Waals surface area (Å²) in [6.45, 7) is 6.98. The molecular formula is C24H31ClN2O2S. The van der Waals surface area contributed by atoms with Gasteiger partial charge in [-0.25, -0.2) is 0 Å². The van der Waals surface area contributed by atoms with Crippen LogP contribution in [0.15, 0.2) is 53.4 Å². The first-order chi connectivity index (χ1) is 14.4. The second-order valence-corrected chi connectivity index (χ2v) is 8.99. The molecule has 0 aromatic heterocycles. The van der Waals surface area contributed by atoms with Crippen molar-refractivity contribution in [3.05, 3.63) is 64.7 Å². The highest BCUT2D eigenvalue weighted by Gasteiger charge is 2.25. The number of aryl methyl sites for hydroxylation is 1. The van der Waals surface area contributed by atoms with Gasteiger partial charge in [0.2, 0.25) is 11.8 Å². The summed E-state index contributed by atoms with van der Waals surface area (Å²) in [6.07, 6.45) is 2.32. The van der Waals surface area contributed by atoms with Gasteiger partial charge in [0.25, 0.3) is 0 Å². The molecule has 30 heavy (non-hydrogen) atoms. The van der Waals surface area contributed by atoms with Crippen LogP contribution in [0.1, 0.15) is 44.2 Å². The Balaban J connectivity index is 2.03.